The number of amides is 3. The molecular weight excluding hydrogens is 370 g/mol. The van der Waals surface area contributed by atoms with Gasteiger partial charge < -0.3 is 15.5 Å². The summed E-state index contributed by atoms with van der Waals surface area (Å²) in [5.41, 5.74) is 1.06. The average Bonchev–Trinajstić information content (AvgIpc) is 2.57. The fraction of sp³-hybridized carbons (Fsp3) is 0.556. The van der Waals surface area contributed by atoms with Crippen molar-refractivity contribution >= 4 is 27.9 Å². The number of hydrogen-bond acceptors (Lipinski definition) is 2. The number of nitrogens with one attached hydrogen (secondary N) is 2. The van der Waals surface area contributed by atoms with E-state index in [4.69, 9.17) is 0 Å². The van der Waals surface area contributed by atoms with E-state index in [1.54, 1.807) is 11.9 Å². The Balaban J connectivity index is 1.64. The van der Waals surface area contributed by atoms with E-state index in [1.807, 2.05) is 24.3 Å². The third-order valence-corrected chi connectivity index (χ3v) is 4.81. The van der Waals surface area contributed by atoms with E-state index >= 15 is 0 Å². The van der Waals surface area contributed by atoms with Gasteiger partial charge in [-0.1, -0.05) is 47.3 Å². The zero-order valence-corrected chi connectivity index (χ0v) is 15.8. The fourth-order valence-electron chi connectivity index (χ4n) is 2.90. The van der Waals surface area contributed by atoms with Gasteiger partial charge in [0, 0.05) is 37.1 Å². The van der Waals surface area contributed by atoms with E-state index in [1.165, 1.54) is 19.3 Å². The highest BCUT2D eigenvalue weighted by molar-refractivity contribution is 9.10. The summed E-state index contributed by atoms with van der Waals surface area (Å²) in [4.78, 5) is 25.6. The van der Waals surface area contributed by atoms with Gasteiger partial charge in [0.05, 0.1) is 0 Å². The second kappa shape index (κ2) is 9.67. The second-order valence-electron chi connectivity index (χ2n) is 6.37. The summed E-state index contributed by atoms with van der Waals surface area (Å²) in [5, 5.41) is 5.86. The maximum absolute atomic E-state index is 12.1. The van der Waals surface area contributed by atoms with Gasteiger partial charge >= 0.3 is 6.03 Å². The molecule has 1 aliphatic rings. The molecule has 0 spiro atoms. The monoisotopic (exact) mass is 395 g/mol. The van der Waals surface area contributed by atoms with Crippen molar-refractivity contribution in [3.63, 3.8) is 0 Å². The molecular formula is C18H26BrN3O2. The van der Waals surface area contributed by atoms with E-state index in [-0.39, 0.29) is 11.9 Å². The summed E-state index contributed by atoms with van der Waals surface area (Å²) in [5.74, 6) is 0.0257. The van der Waals surface area contributed by atoms with Crippen LogP contribution in [0.1, 0.15) is 44.1 Å². The minimum Gasteiger partial charge on any atom is -0.353 e. The minimum absolute atomic E-state index is 0.0257. The number of carbonyl (C=O) groups excluding carboxylic acids is 2. The van der Waals surface area contributed by atoms with Crippen LogP contribution in [0.3, 0.4) is 0 Å². The summed E-state index contributed by atoms with van der Waals surface area (Å²) in [6, 6.07) is 8.02. The zero-order chi connectivity index (χ0) is 17.4. The van der Waals surface area contributed by atoms with Crippen molar-refractivity contribution in [3.05, 3.63) is 34.3 Å². The maximum Gasteiger partial charge on any atom is 0.317 e. The molecule has 0 aliphatic heterocycles. The Hall–Kier alpha value is -1.56. The molecule has 0 aromatic heterocycles. The molecule has 6 heteroatoms. The zero-order valence-electron chi connectivity index (χ0n) is 14.2. The first kappa shape index (κ1) is 18.8. The number of halogens is 1. The van der Waals surface area contributed by atoms with Crippen molar-refractivity contribution in [1.29, 1.82) is 0 Å². The summed E-state index contributed by atoms with van der Waals surface area (Å²) < 4.78 is 1.02. The summed E-state index contributed by atoms with van der Waals surface area (Å²) in [7, 11) is 1.75. The summed E-state index contributed by atoms with van der Waals surface area (Å²) >= 11 is 3.39. The van der Waals surface area contributed by atoms with Crippen molar-refractivity contribution in [3.8, 4) is 0 Å². The Bertz CT molecular complexity index is 542. The standard InChI is InChI=1S/C18H26BrN3O2/c1-22(13-14-7-9-15(19)10-8-14)18(24)20-12-11-17(23)21-16-5-3-2-4-6-16/h7-10,16H,2-6,11-13H2,1H3,(H,20,24)(H,21,23). The highest BCUT2D eigenvalue weighted by atomic mass is 79.9. The molecule has 0 atom stereocenters. The number of rotatable bonds is 6. The first-order valence-electron chi connectivity index (χ1n) is 8.57. The molecule has 24 heavy (non-hydrogen) atoms. The summed E-state index contributed by atoms with van der Waals surface area (Å²) in [6.07, 6.45) is 6.15. The van der Waals surface area contributed by atoms with Crippen LogP contribution in [-0.4, -0.2) is 36.5 Å². The molecule has 5 nitrogen and oxygen atoms in total. The number of benzene rings is 1. The van der Waals surface area contributed by atoms with Crippen molar-refractivity contribution in [2.45, 2.75) is 51.1 Å². The van der Waals surface area contributed by atoms with Gasteiger partial charge in [-0.05, 0) is 30.5 Å². The van der Waals surface area contributed by atoms with E-state index in [9.17, 15) is 9.59 Å². The SMILES string of the molecule is CN(Cc1ccc(Br)cc1)C(=O)NCCC(=O)NC1CCCCC1. The highest BCUT2D eigenvalue weighted by Crippen LogP contribution is 2.17. The smallest absolute Gasteiger partial charge is 0.317 e. The molecule has 2 rings (SSSR count). The molecule has 0 unspecified atom stereocenters. The normalized spacial score (nSPS) is 14.9. The molecule has 2 N–H and O–H groups in total. The van der Waals surface area contributed by atoms with E-state index < -0.39 is 0 Å². The first-order chi connectivity index (χ1) is 11.5. The molecule has 1 aromatic rings. The highest BCUT2D eigenvalue weighted by Gasteiger charge is 2.16. The van der Waals surface area contributed by atoms with Crippen LogP contribution in [-0.2, 0) is 11.3 Å². The van der Waals surface area contributed by atoms with Gasteiger partial charge in [0.15, 0.2) is 0 Å². The maximum atomic E-state index is 12.1. The number of urea groups is 1. The van der Waals surface area contributed by atoms with E-state index in [0.717, 1.165) is 22.9 Å². The van der Waals surface area contributed by atoms with Crippen LogP contribution in [0.15, 0.2) is 28.7 Å². The average molecular weight is 396 g/mol. The van der Waals surface area contributed by atoms with Crippen LogP contribution in [0.4, 0.5) is 4.79 Å². The Morgan fingerprint density at radius 1 is 1.17 bits per heavy atom. The fourth-order valence-corrected chi connectivity index (χ4v) is 3.16. The molecule has 3 amide bonds. The quantitative estimate of drug-likeness (QED) is 0.774. The molecule has 1 fully saturated rings. The topological polar surface area (TPSA) is 61.4 Å². The summed E-state index contributed by atoms with van der Waals surface area (Å²) in [6.45, 7) is 0.898. The lowest BCUT2D eigenvalue weighted by Crippen LogP contribution is -2.40. The molecule has 1 aliphatic carbocycles. The first-order valence-corrected chi connectivity index (χ1v) is 9.36. The van der Waals surface area contributed by atoms with Crippen molar-refractivity contribution in [2.24, 2.45) is 0 Å². The van der Waals surface area contributed by atoms with Crippen LogP contribution in [0.2, 0.25) is 0 Å². The van der Waals surface area contributed by atoms with Crippen molar-refractivity contribution < 1.29 is 9.59 Å². The van der Waals surface area contributed by atoms with Crippen molar-refractivity contribution in [2.75, 3.05) is 13.6 Å². The van der Waals surface area contributed by atoms with Gasteiger partial charge in [-0.25, -0.2) is 4.79 Å². The predicted octanol–water partition coefficient (Wildman–Crippen LogP) is 3.43. The molecule has 0 saturated heterocycles. The van der Waals surface area contributed by atoms with Gasteiger partial charge in [-0.3, -0.25) is 4.79 Å². The van der Waals surface area contributed by atoms with Gasteiger partial charge in [0.2, 0.25) is 5.91 Å². The van der Waals surface area contributed by atoms with E-state index in [2.05, 4.69) is 26.6 Å². The lowest BCUT2D eigenvalue weighted by molar-refractivity contribution is -0.121. The molecule has 1 aromatic carbocycles. The van der Waals surface area contributed by atoms with Gasteiger partial charge in [0.25, 0.3) is 0 Å². The predicted molar refractivity (Wildman–Crippen MR) is 98.6 cm³/mol. The molecule has 0 heterocycles. The van der Waals surface area contributed by atoms with Crippen LogP contribution in [0, 0.1) is 0 Å². The minimum atomic E-state index is -0.164. The van der Waals surface area contributed by atoms with Crippen LogP contribution < -0.4 is 10.6 Å². The van der Waals surface area contributed by atoms with Crippen molar-refractivity contribution in [1.82, 2.24) is 15.5 Å². The van der Waals surface area contributed by atoms with Gasteiger partial charge in [-0.2, -0.15) is 0 Å². The van der Waals surface area contributed by atoms with Crippen LogP contribution in [0.5, 0.6) is 0 Å². The lowest BCUT2D eigenvalue weighted by atomic mass is 9.95. The molecule has 1 saturated carbocycles. The second-order valence-corrected chi connectivity index (χ2v) is 7.28. The third kappa shape index (κ3) is 6.51. The lowest BCUT2D eigenvalue weighted by Gasteiger charge is -2.23. The van der Waals surface area contributed by atoms with Crippen LogP contribution >= 0.6 is 15.9 Å². The van der Waals surface area contributed by atoms with Crippen LogP contribution in [0.25, 0.3) is 0 Å². The largest absolute Gasteiger partial charge is 0.353 e. The number of carbonyl (C=O) groups is 2. The van der Waals surface area contributed by atoms with Gasteiger partial charge in [-0.15, -0.1) is 0 Å². The third-order valence-electron chi connectivity index (χ3n) is 4.28. The Morgan fingerprint density at radius 3 is 2.50 bits per heavy atom. The number of hydrogen-bond donors (Lipinski definition) is 2. The molecule has 132 valence electrons. The Morgan fingerprint density at radius 2 is 1.83 bits per heavy atom. The Labute approximate surface area is 152 Å². The molecule has 0 radical (unpaired) electrons. The number of nitrogens with zero attached hydrogens (tertiary/aromatic N) is 1. The van der Waals surface area contributed by atoms with E-state index in [0.29, 0.717) is 25.6 Å². The molecule has 0 bridgehead atoms. The van der Waals surface area contributed by atoms with Gasteiger partial charge in [0.1, 0.15) is 0 Å². The Kier molecular flexibility index (Phi) is 7.56.